The van der Waals surface area contributed by atoms with Gasteiger partial charge in [0.05, 0.1) is 22.0 Å². The fourth-order valence-electron chi connectivity index (χ4n) is 2.37. The van der Waals surface area contributed by atoms with Gasteiger partial charge in [0, 0.05) is 11.6 Å². The minimum absolute atomic E-state index is 0.158. The van der Waals surface area contributed by atoms with E-state index in [4.69, 9.17) is 0 Å². The van der Waals surface area contributed by atoms with Gasteiger partial charge in [0.15, 0.2) is 5.17 Å². The van der Waals surface area contributed by atoms with Gasteiger partial charge in [0.2, 0.25) is 0 Å². The first-order valence-corrected chi connectivity index (χ1v) is 9.61. The third kappa shape index (κ3) is 3.58. The van der Waals surface area contributed by atoms with Gasteiger partial charge in [0.1, 0.15) is 5.01 Å². The van der Waals surface area contributed by atoms with Crippen LogP contribution in [0.3, 0.4) is 0 Å². The van der Waals surface area contributed by atoms with Gasteiger partial charge < -0.3 is 5.32 Å². The zero-order chi connectivity index (χ0) is 17.9. The number of nitrogens with one attached hydrogen (secondary N) is 1. The summed E-state index contributed by atoms with van der Waals surface area (Å²) in [7, 11) is 0. The molecule has 0 radical (unpaired) electrons. The molecule has 0 bridgehead atoms. The van der Waals surface area contributed by atoms with Gasteiger partial charge in [0.25, 0.3) is 5.91 Å². The third-order valence-corrected chi connectivity index (χ3v) is 5.47. The second-order valence-corrected chi connectivity index (χ2v) is 7.45. The van der Waals surface area contributed by atoms with Gasteiger partial charge in [-0.05, 0) is 48.5 Å². The number of aliphatic imine (C=N–C) groups is 1. The van der Waals surface area contributed by atoms with E-state index >= 15 is 0 Å². The van der Waals surface area contributed by atoms with E-state index in [-0.39, 0.29) is 5.91 Å². The Morgan fingerprint density at radius 3 is 2.81 bits per heavy atom. The van der Waals surface area contributed by atoms with Crippen LogP contribution in [-0.4, -0.2) is 21.0 Å². The highest BCUT2D eigenvalue weighted by Crippen LogP contribution is 2.30. The van der Waals surface area contributed by atoms with E-state index in [1.165, 1.54) is 23.1 Å². The maximum Gasteiger partial charge on any atom is 0.264 e. The molecule has 1 amide bonds. The summed E-state index contributed by atoms with van der Waals surface area (Å²) < 4.78 is 0. The van der Waals surface area contributed by atoms with Crippen molar-refractivity contribution < 1.29 is 4.79 Å². The van der Waals surface area contributed by atoms with Crippen molar-refractivity contribution >= 4 is 45.9 Å². The summed E-state index contributed by atoms with van der Waals surface area (Å²) in [6.07, 6.45) is 3.52. The van der Waals surface area contributed by atoms with Crippen LogP contribution in [0.5, 0.6) is 0 Å². The molecule has 2 aromatic heterocycles. The number of carbonyl (C=O) groups is 1. The van der Waals surface area contributed by atoms with Crippen LogP contribution in [0.25, 0.3) is 16.8 Å². The lowest BCUT2D eigenvalue weighted by Gasteiger charge is -1.99. The van der Waals surface area contributed by atoms with Crippen LogP contribution in [0, 0.1) is 6.92 Å². The molecule has 3 heterocycles. The number of amides is 1. The predicted octanol–water partition coefficient (Wildman–Crippen LogP) is 4.41. The Morgan fingerprint density at radius 2 is 2.00 bits per heavy atom. The van der Waals surface area contributed by atoms with Crippen molar-refractivity contribution in [2.24, 2.45) is 4.99 Å². The number of hydrogen-bond acceptors (Lipinski definition) is 6. The summed E-state index contributed by atoms with van der Waals surface area (Å²) in [5, 5.41) is 6.13. The summed E-state index contributed by atoms with van der Waals surface area (Å²) in [5.41, 5.74) is 3.48. The molecule has 1 fully saturated rings. The van der Waals surface area contributed by atoms with E-state index < -0.39 is 0 Å². The maximum absolute atomic E-state index is 12.2. The molecule has 1 aliphatic heterocycles. The Hall–Kier alpha value is -2.77. The van der Waals surface area contributed by atoms with Crippen LogP contribution in [0.15, 0.2) is 63.9 Å². The third-order valence-electron chi connectivity index (χ3n) is 3.67. The van der Waals surface area contributed by atoms with Crippen LogP contribution < -0.4 is 5.32 Å². The van der Waals surface area contributed by atoms with Gasteiger partial charge >= 0.3 is 0 Å². The number of benzene rings is 1. The molecule has 0 aliphatic carbocycles. The van der Waals surface area contributed by atoms with Gasteiger partial charge in [-0.1, -0.05) is 24.3 Å². The predicted molar refractivity (Wildman–Crippen MR) is 107 cm³/mol. The van der Waals surface area contributed by atoms with Crippen molar-refractivity contribution in [2.75, 3.05) is 0 Å². The summed E-state index contributed by atoms with van der Waals surface area (Å²) >= 11 is 2.82. The van der Waals surface area contributed by atoms with E-state index in [1.54, 1.807) is 12.3 Å². The summed E-state index contributed by atoms with van der Waals surface area (Å²) in [6.45, 7) is 1.99. The first-order chi connectivity index (χ1) is 12.7. The number of rotatable bonds is 3. The molecule has 4 rings (SSSR count). The molecule has 128 valence electrons. The summed E-state index contributed by atoms with van der Waals surface area (Å²) in [4.78, 5) is 26.2. The van der Waals surface area contributed by atoms with E-state index in [2.05, 4.69) is 20.3 Å². The van der Waals surface area contributed by atoms with Crippen LogP contribution in [0.4, 0.5) is 5.69 Å². The number of thiazole rings is 1. The molecule has 1 aliphatic rings. The molecular weight excluding hydrogens is 364 g/mol. The smallest absolute Gasteiger partial charge is 0.264 e. The summed E-state index contributed by atoms with van der Waals surface area (Å²) in [5.74, 6) is -0.158. The maximum atomic E-state index is 12.2. The summed E-state index contributed by atoms with van der Waals surface area (Å²) in [6, 6.07) is 13.5. The van der Waals surface area contributed by atoms with Gasteiger partial charge in [-0.25, -0.2) is 9.98 Å². The minimum Gasteiger partial charge on any atom is -0.300 e. The van der Waals surface area contributed by atoms with Gasteiger partial charge in [-0.2, -0.15) is 0 Å². The lowest BCUT2D eigenvalue weighted by atomic mass is 10.2. The largest absolute Gasteiger partial charge is 0.300 e. The molecule has 3 aromatic rings. The number of para-hydroxylation sites is 1. The Labute approximate surface area is 158 Å². The number of thioether (sulfide) groups is 1. The van der Waals surface area contributed by atoms with Crippen molar-refractivity contribution in [1.29, 1.82) is 0 Å². The molecule has 0 spiro atoms. The number of amidine groups is 1. The molecular formula is C19H14N4OS2. The van der Waals surface area contributed by atoms with Crippen molar-refractivity contribution in [2.45, 2.75) is 6.92 Å². The topological polar surface area (TPSA) is 67.2 Å². The number of nitrogens with zero attached hydrogens (tertiary/aromatic N) is 3. The fourth-order valence-corrected chi connectivity index (χ4v) is 3.94. The molecule has 5 nitrogen and oxygen atoms in total. The lowest BCUT2D eigenvalue weighted by Crippen LogP contribution is -2.19. The SMILES string of the molecule is Cc1ccccc1N=C1NC(=O)/C(=C\c2csc(-c3ccccn3)n2)S1. The number of aromatic nitrogens is 2. The lowest BCUT2D eigenvalue weighted by molar-refractivity contribution is -0.115. The Bertz CT molecular complexity index is 1020. The highest BCUT2D eigenvalue weighted by Gasteiger charge is 2.24. The first-order valence-electron chi connectivity index (χ1n) is 7.91. The minimum atomic E-state index is -0.158. The number of carbonyl (C=O) groups excluding carboxylic acids is 1. The molecule has 0 atom stereocenters. The highest BCUT2D eigenvalue weighted by molar-refractivity contribution is 8.18. The Kier molecular flexibility index (Phi) is 4.64. The standard InChI is InChI=1S/C19H14N4OS2/c1-12-6-2-3-7-14(12)22-19-23-17(24)16(26-19)10-13-11-25-18(21-13)15-8-4-5-9-20-15/h2-11H,1H3,(H,22,23,24)/b16-10+. The average molecular weight is 378 g/mol. The first kappa shape index (κ1) is 16.7. The second-order valence-electron chi connectivity index (χ2n) is 5.56. The van der Waals surface area contributed by atoms with Crippen molar-refractivity contribution in [1.82, 2.24) is 15.3 Å². The number of pyridine rings is 1. The molecule has 1 saturated heterocycles. The zero-order valence-corrected chi connectivity index (χ0v) is 15.5. The molecule has 0 unspecified atom stereocenters. The zero-order valence-electron chi connectivity index (χ0n) is 13.8. The molecule has 0 saturated carbocycles. The van der Waals surface area contributed by atoms with Crippen molar-refractivity contribution in [3.8, 4) is 10.7 Å². The Morgan fingerprint density at radius 1 is 1.15 bits per heavy atom. The van der Waals surface area contributed by atoms with Crippen LogP contribution in [0.1, 0.15) is 11.3 Å². The fraction of sp³-hybridized carbons (Fsp3) is 0.0526. The molecule has 26 heavy (non-hydrogen) atoms. The average Bonchev–Trinajstić information content (AvgIpc) is 3.25. The van der Waals surface area contributed by atoms with Crippen molar-refractivity contribution in [3.63, 3.8) is 0 Å². The van der Waals surface area contributed by atoms with E-state index in [1.807, 2.05) is 54.8 Å². The molecule has 1 N–H and O–H groups in total. The van der Waals surface area contributed by atoms with E-state index in [9.17, 15) is 4.79 Å². The highest BCUT2D eigenvalue weighted by atomic mass is 32.2. The monoisotopic (exact) mass is 378 g/mol. The van der Waals surface area contributed by atoms with Crippen molar-refractivity contribution in [3.05, 3.63) is 70.2 Å². The second kappa shape index (κ2) is 7.23. The van der Waals surface area contributed by atoms with Crippen LogP contribution in [0.2, 0.25) is 0 Å². The van der Waals surface area contributed by atoms with Gasteiger partial charge in [-0.15, -0.1) is 11.3 Å². The number of hydrogen-bond donors (Lipinski definition) is 1. The Balaban J connectivity index is 1.56. The van der Waals surface area contributed by atoms with Crippen LogP contribution in [-0.2, 0) is 4.79 Å². The van der Waals surface area contributed by atoms with Gasteiger partial charge in [-0.3, -0.25) is 9.78 Å². The number of aryl methyl sites for hydroxylation is 1. The molecule has 7 heteroatoms. The normalized spacial score (nSPS) is 17.0. The van der Waals surface area contributed by atoms with E-state index in [0.29, 0.717) is 10.1 Å². The van der Waals surface area contributed by atoms with E-state index in [0.717, 1.165) is 27.6 Å². The van der Waals surface area contributed by atoms with Crippen LogP contribution >= 0.6 is 23.1 Å². The molecule has 1 aromatic carbocycles. The quantitative estimate of drug-likeness (QED) is 0.686.